The third kappa shape index (κ3) is 3.50. The predicted octanol–water partition coefficient (Wildman–Crippen LogP) is 8.97. The van der Waals surface area contributed by atoms with Gasteiger partial charge in [0.15, 0.2) is 0 Å². The van der Waals surface area contributed by atoms with Crippen molar-refractivity contribution in [3.05, 3.63) is 107 Å². The van der Waals surface area contributed by atoms with E-state index in [-0.39, 0.29) is 0 Å². The number of thiophene rings is 1. The molecule has 0 saturated carbocycles. The highest BCUT2D eigenvalue weighted by atomic mass is 32.1. The summed E-state index contributed by atoms with van der Waals surface area (Å²) in [6.07, 6.45) is 13.4. The molecular weight excluding hydrogens is 444 g/mol. The van der Waals surface area contributed by atoms with E-state index in [0.717, 1.165) is 30.7 Å². The van der Waals surface area contributed by atoms with Gasteiger partial charge in [-0.1, -0.05) is 72.3 Å². The Kier molecular flexibility index (Phi) is 4.85. The molecule has 2 aliphatic carbocycles. The Morgan fingerprint density at radius 3 is 2.49 bits per heavy atom. The molecule has 0 bridgehead atoms. The number of hydrogen-bond donors (Lipinski definition) is 0. The van der Waals surface area contributed by atoms with Crippen LogP contribution in [0.3, 0.4) is 0 Å². The standard InChI is InChI=1S/C32H26N2S/c1-21-10-12-22(13-11-21)30-18-19-31(35-30)23-14-16-24(17-15-23)32-33-27-8-4-3-7-26(27)29-20-25-6-2-5-9-28(25)34(29)32/h2-3,5-7,9-10,12,14-20H,4,8,11,13H2,1H3. The number of para-hydroxylation sites is 1. The van der Waals surface area contributed by atoms with Crippen molar-refractivity contribution < 1.29 is 0 Å². The number of allylic oxidation sites excluding steroid dienone is 5. The average Bonchev–Trinajstić information content (AvgIpc) is 3.55. The first-order valence-corrected chi connectivity index (χ1v) is 13.2. The van der Waals surface area contributed by atoms with E-state index < -0.39 is 0 Å². The van der Waals surface area contributed by atoms with E-state index in [9.17, 15) is 0 Å². The first-order valence-electron chi connectivity index (χ1n) is 12.4. The van der Waals surface area contributed by atoms with E-state index in [0.29, 0.717) is 0 Å². The molecule has 0 N–H and O–H groups in total. The lowest BCUT2D eigenvalue weighted by atomic mass is 9.98. The van der Waals surface area contributed by atoms with Gasteiger partial charge in [-0.25, -0.2) is 4.98 Å². The van der Waals surface area contributed by atoms with Crippen molar-refractivity contribution in [2.45, 2.75) is 32.6 Å². The maximum Gasteiger partial charge on any atom is 0.145 e. The molecule has 0 radical (unpaired) electrons. The Morgan fingerprint density at radius 1 is 0.800 bits per heavy atom. The van der Waals surface area contributed by atoms with Crippen molar-refractivity contribution in [1.29, 1.82) is 0 Å². The number of rotatable bonds is 3. The number of hydrogen-bond acceptors (Lipinski definition) is 2. The highest BCUT2D eigenvalue weighted by Crippen LogP contribution is 2.37. The zero-order valence-corrected chi connectivity index (χ0v) is 20.6. The van der Waals surface area contributed by atoms with Gasteiger partial charge in [-0.2, -0.15) is 0 Å². The second-order valence-corrected chi connectivity index (χ2v) is 10.7. The third-order valence-corrected chi connectivity index (χ3v) is 8.50. The van der Waals surface area contributed by atoms with Crippen molar-refractivity contribution in [2.24, 2.45) is 0 Å². The Labute approximate surface area is 209 Å². The Morgan fingerprint density at radius 2 is 1.63 bits per heavy atom. The van der Waals surface area contributed by atoms with Crippen molar-refractivity contribution in [3.8, 4) is 21.8 Å². The summed E-state index contributed by atoms with van der Waals surface area (Å²) in [5, 5.41) is 1.26. The van der Waals surface area contributed by atoms with Crippen LogP contribution < -0.4 is 0 Å². The van der Waals surface area contributed by atoms with Crippen LogP contribution in [0.15, 0.2) is 90.5 Å². The van der Waals surface area contributed by atoms with Gasteiger partial charge in [0.1, 0.15) is 5.82 Å². The van der Waals surface area contributed by atoms with Crippen LogP contribution in [0.5, 0.6) is 0 Å². The second kappa shape index (κ2) is 8.21. The molecule has 2 aliphatic rings. The number of aryl methyl sites for hydroxylation is 1. The van der Waals surface area contributed by atoms with Crippen LogP contribution in [0.4, 0.5) is 0 Å². The minimum atomic E-state index is 0.997. The van der Waals surface area contributed by atoms with E-state index in [1.165, 1.54) is 60.6 Å². The Hall–Kier alpha value is -3.69. The van der Waals surface area contributed by atoms with Gasteiger partial charge in [0.2, 0.25) is 0 Å². The van der Waals surface area contributed by atoms with E-state index >= 15 is 0 Å². The van der Waals surface area contributed by atoms with Gasteiger partial charge in [0, 0.05) is 26.3 Å². The molecule has 0 amide bonds. The van der Waals surface area contributed by atoms with Gasteiger partial charge in [0.05, 0.1) is 16.7 Å². The maximum atomic E-state index is 5.21. The fourth-order valence-corrected chi connectivity index (χ4v) is 6.41. The second-order valence-electron chi connectivity index (χ2n) is 9.61. The summed E-state index contributed by atoms with van der Waals surface area (Å²) in [6, 6.07) is 24.5. The zero-order chi connectivity index (χ0) is 23.4. The molecule has 0 spiro atoms. The molecule has 0 unspecified atom stereocenters. The maximum absolute atomic E-state index is 5.21. The molecular formula is C32H26N2S. The minimum absolute atomic E-state index is 0.997. The predicted molar refractivity (Wildman–Crippen MR) is 150 cm³/mol. The lowest BCUT2D eigenvalue weighted by Crippen LogP contribution is -2.06. The monoisotopic (exact) mass is 470 g/mol. The van der Waals surface area contributed by atoms with Gasteiger partial charge < -0.3 is 0 Å². The molecule has 5 aromatic rings. The van der Waals surface area contributed by atoms with Crippen molar-refractivity contribution in [2.75, 3.05) is 0 Å². The van der Waals surface area contributed by atoms with Gasteiger partial charge in [0.25, 0.3) is 0 Å². The summed E-state index contributed by atoms with van der Waals surface area (Å²) in [4.78, 5) is 7.91. The smallest absolute Gasteiger partial charge is 0.145 e. The molecule has 0 fully saturated rings. The fourth-order valence-electron chi connectivity index (χ4n) is 5.35. The van der Waals surface area contributed by atoms with Crippen LogP contribution in [0.1, 0.15) is 42.3 Å². The third-order valence-electron chi connectivity index (χ3n) is 7.29. The summed E-state index contributed by atoms with van der Waals surface area (Å²) in [5.41, 5.74) is 10.3. The molecule has 3 aromatic heterocycles. The normalized spacial score (nSPS) is 15.3. The molecule has 0 atom stereocenters. The quantitative estimate of drug-likeness (QED) is 0.257. The summed E-state index contributed by atoms with van der Waals surface area (Å²) < 4.78 is 2.34. The van der Waals surface area contributed by atoms with Crippen molar-refractivity contribution >= 4 is 39.4 Å². The van der Waals surface area contributed by atoms with Crippen LogP contribution in [0.25, 0.3) is 49.9 Å². The average molecular weight is 471 g/mol. The number of fused-ring (bicyclic) bond motifs is 5. The van der Waals surface area contributed by atoms with Gasteiger partial charge in [-0.3, -0.25) is 4.40 Å². The lowest BCUT2D eigenvalue weighted by Gasteiger charge is -2.16. The molecule has 2 nitrogen and oxygen atoms in total. The van der Waals surface area contributed by atoms with Crippen LogP contribution in [-0.4, -0.2) is 9.38 Å². The van der Waals surface area contributed by atoms with E-state index in [1.54, 1.807) is 0 Å². The van der Waals surface area contributed by atoms with E-state index in [4.69, 9.17) is 4.98 Å². The van der Waals surface area contributed by atoms with Gasteiger partial charge in [-0.05, 0) is 68.0 Å². The summed E-state index contributed by atoms with van der Waals surface area (Å²) in [5.74, 6) is 1.03. The van der Waals surface area contributed by atoms with Crippen LogP contribution >= 0.6 is 11.3 Å². The van der Waals surface area contributed by atoms with Crippen molar-refractivity contribution in [3.63, 3.8) is 0 Å². The Bertz CT molecular complexity index is 1690. The first-order chi connectivity index (χ1) is 17.2. The van der Waals surface area contributed by atoms with E-state index in [1.807, 2.05) is 11.3 Å². The van der Waals surface area contributed by atoms with Crippen molar-refractivity contribution in [1.82, 2.24) is 9.38 Å². The molecule has 35 heavy (non-hydrogen) atoms. The highest BCUT2D eigenvalue weighted by molar-refractivity contribution is 7.16. The van der Waals surface area contributed by atoms with Gasteiger partial charge >= 0.3 is 0 Å². The zero-order valence-electron chi connectivity index (χ0n) is 19.8. The van der Waals surface area contributed by atoms with Gasteiger partial charge in [-0.15, -0.1) is 11.3 Å². The largest absolute Gasteiger partial charge is 0.293 e. The lowest BCUT2D eigenvalue weighted by molar-refractivity contribution is 0.913. The highest BCUT2D eigenvalue weighted by Gasteiger charge is 2.18. The topological polar surface area (TPSA) is 17.3 Å². The fraction of sp³-hybridized carbons (Fsp3) is 0.156. The number of nitrogens with zero attached hydrogens (tertiary/aromatic N) is 2. The molecule has 3 heterocycles. The summed E-state index contributed by atoms with van der Waals surface area (Å²) >= 11 is 1.89. The molecule has 170 valence electrons. The first kappa shape index (κ1) is 20.7. The number of benzene rings is 2. The molecule has 0 saturated heterocycles. The Balaban J connectivity index is 1.31. The molecule has 7 rings (SSSR count). The summed E-state index contributed by atoms with van der Waals surface area (Å²) in [7, 11) is 0. The minimum Gasteiger partial charge on any atom is -0.293 e. The van der Waals surface area contributed by atoms with Crippen LogP contribution in [0, 0.1) is 0 Å². The molecule has 0 aliphatic heterocycles. The summed E-state index contributed by atoms with van der Waals surface area (Å²) in [6.45, 7) is 2.22. The van der Waals surface area contributed by atoms with Crippen LogP contribution in [-0.2, 0) is 6.42 Å². The van der Waals surface area contributed by atoms with Crippen LogP contribution in [0.2, 0.25) is 0 Å². The van der Waals surface area contributed by atoms with E-state index in [2.05, 4.69) is 102 Å². The molecule has 3 heteroatoms. The molecule has 2 aromatic carbocycles. The number of aromatic nitrogens is 2. The SMILES string of the molecule is CC1=CC=C(c2ccc(-c3ccc(-c4nc5c(c6cc7ccccc7n46)C=CCC5)cc3)s2)CC1.